The number of nitrogens with one attached hydrogen (secondary N) is 2. The molecule has 0 unspecified atom stereocenters. The van der Waals surface area contributed by atoms with Crippen LogP contribution in [0.2, 0.25) is 0 Å². The highest BCUT2D eigenvalue weighted by Crippen LogP contribution is 2.17. The molecule has 0 aromatic carbocycles. The largest absolute Gasteiger partial charge is 0.385 e. The lowest BCUT2D eigenvalue weighted by molar-refractivity contribution is 1.26. The molecule has 0 amide bonds. The second-order valence-corrected chi connectivity index (χ2v) is 2.23. The van der Waals surface area contributed by atoms with Crippen molar-refractivity contribution in [3.63, 3.8) is 0 Å². The number of anilines is 2. The molecule has 0 aliphatic carbocycles. The lowest BCUT2D eigenvalue weighted by Crippen LogP contribution is -1.99. The maximum absolute atomic E-state index is 8.58. The Balaban J connectivity index is 3.13. The molecular formula is C8H10N4. The van der Waals surface area contributed by atoms with Crippen LogP contribution < -0.4 is 10.6 Å². The van der Waals surface area contributed by atoms with Gasteiger partial charge >= 0.3 is 0 Å². The predicted molar refractivity (Wildman–Crippen MR) is 48.0 cm³/mol. The van der Waals surface area contributed by atoms with Crippen LogP contribution in [0, 0.1) is 11.3 Å². The molecule has 1 heterocycles. The highest BCUT2D eigenvalue weighted by atomic mass is 15.0. The molecule has 4 heteroatoms. The van der Waals surface area contributed by atoms with Crippen molar-refractivity contribution in [3.8, 4) is 6.07 Å². The zero-order valence-corrected chi connectivity index (χ0v) is 7.05. The van der Waals surface area contributed by atoms with Crippen molar-refractivity contribution in [1.29, 1.82) is 5.26 Å². The fraction of sp³-hybridized carbons (Fsp3) is 0.250. The Morgan fingerprint density at radius 3 is 2.67 bits per heavy atom. The number of nitriles is 1. The highest BCUT2D eigenvalue weighted by Gasteiger charge is 2.00. The Morgan fingerprint density at radius 1 is 1.42 bits per heavy atom. The summed E-state index contributed by atoms with van der Waals surface area (Å²) in [6, 6.07) is 3.77. The van der Waals surface area contributed by atoms with E-state index in [1.807, 2.05) is 6.07 Å². The fourth-order valence-electron chi connectivity index (χ4n) is 0.916. The van der Waals surface area contributed by atoms with Crippen molar-refractivity contribution in [3.05, 3.63) is 17.8 Å². The van der Waals surface area contributed by atoms with Crippen molar-refractivity contribution >= 4 is 11.5 Å². The van der Waals surface area contributed by atoms with Crippen molar-refractivity contribution in [2.75, 3.05) is 24.7 Å². The molecule has 1 aromatic heterocycles. The maximum atomic E-state index is 8.58. The lowest BCUT2D eigenvalue weighted by Gasteiger charge is -2.06. The third-order valence-corrected chi connectivity index (χ3v) is 1.52. The second-order valence-electron chi connectivity index (χ2n) is 2.23. The molecule has 0 fully saturated rings. The zero-order chi connectivity index (χ0) is 8.97. The molecule has 0 spiro atoms. The summed E-state index contributed by atoms with van der Waals surface area (Å²) in [7, 11) is 3.58. The molecular weight excluding hydrogens is 152 g/mol. The van der Waals surface area contributed by atoms with Crippen molar-refractivity contribution in [2.45, 2.75) is 0 Å². The van der Waals surface area contributed by atoms with E-state index >= 15 is 0 Å². The SMILES string of the molecule is CNc1cc(C#N)cnc1NC. The third-order valence-electron chi connectivity index (χ3n) is 1.52. The van der Waals surface area contributed by atoms with Crippen LogP contribution in [-0.2, 0) is 0 Å². The quantitative estimate of drug-likeness (QED) is 0.682. The van der Waals surface area contributed by atoms with E-state index in [4.69, 9.17) is 5.26 Å². The maximum Gasteiger partial charge on any atom is 0.149 e. The van der Waals surface area contributed by atoms with Gasteiger partial charge in [0.05, 0.1) is 11.3 Å². The van der Waals surface area contributed by atoms with Gasteiger partial charge in [-0.25, -0.2) is 4.98 Å². The minimum Gasteiger partial charge on any atom is -0.385 e. The number of hydrogen-bond acceptors (Lipinski definition) is 4. The summed E-state index contributed by atoms with van der Waals surface area (Å²) in [6.07, 6.45) is 1.53. The van der Waals surface area contributed by atoms with Crippen LogP contribution in [0.5, 0.6) is 0 Å². The standard InChI is InChI=1S/C8H10N4/c1-10-7-3-6(4-9)5-12-8(7)11-2/h3,5,10H,1-2H3,(H,11,12). The van der Waals surface area contributed by atoms with E-state index in [1.165, 1.54) is 6.20 Å². The third kappa shape index (κ3) is 1.45. The van der Waals surface area contributed by atoms with E-state index in [-0.39, 0.29) is 0 Å². The minimum absolute atomic E-state index is 0.554. The van der Waals surface area contributed by atoms with Crippen molar-refractivity contribution < 1.29 is 0 Å². The summed E-state index contributed by atoms with van der Waals surface area (Å²) in [5, 5.41) is 14.4. The van der Waals surface area contributed by atoms with Crippen molar-refractivity contribution in [1.82, 2.24) is 4.98 Å². The van der Waals surface area contributed by atoms with Crippen LogP contribution in [-0.4, -0.2) is 19.1 Å². The first-order valence-electron chi connectivity index (χ1n) is 3.57. The molecule has 0 saturated carbocycles. The first kappa shape index (κ1) is 8.34. The number of nitrogens with zero attached hydrogens (tertiary/aromatic N) is 2. The average molecular weight is 162 g/mol. The van der Waals surface area contributed by atoms with Gasteiger partial charge in [0, 0.05) is 20.3 Å². The van der Waals surface area contributed by atoms with Gasteiger partial charge in [-0.05, 0) is 6.07 Å². The molecule has 4 nitrogen and oxygen atoms in total. The average Bonchev–Trinajstić information content (AvgIpc) is 2.16. The first-order chi connectivity index (χ1) is 5.81. The van der Waals surface area contributed by atoms with E-state index < -0.39 is 0 Å². The monoisotopic (exact) mass is 162 g/mol. The van der Waals surface area contributed by atoms with Gasteiger partial charge in [-0.3, -0.25) is 0 Å². The zero-order valence-electron chi connectivity index (χ0n) is 7.05. The van der Waals surface area contributed by atoms with Gasteiger partial charge < -0.3 is 10.6 Å². The van der Waals surface area contributed by atoms with Crippen LogP contribution in [0.1, 0.15) is 5.56 Å². The van der Waals surface area contributed by atoms with Gasteiger partial charge in [-0.15, -0.1) is 0 Å². The molecule has 1 aromatic rings. The Labute approximate surface area is 71.2 Å². The van der Waals surface area contributed by atoms with Gasteiger partial charge in [-0.2, -0.15) is 5.26 Å². The fourth-order valence-corrected chi connectivity index (χ4v) is 0.916. The summed E-state index contributed by atoms with van der Waals surface area (Å²) in [5.41, 5.74) is 1.38. The van der Waals surface area contributed by atoms with E-state index in [1.54, 1.807) is 20.2 Å². The molecule has 0 aliphatic rings. The normalized spacial score (nSPS) is 8.75. The van der Waals surface area contributed by atoms with E-state index in [0.29, 0.717) is 5.56 Å². The summed E-state index contributed by atoms with van der Waals surface area (Å²) in [6.45, 7) is 0. The summed E-state index contributed by atoms with van der Waals surface area (Å²) in [4.78, 5) is 4.04. The number of aromatic nitrogens is 1. The van der Waals surface area contributed by atoms with Gasteiger partial charge in [0.15, 0.2) is 0 Å². The molecule has 62 valence electrons. The minimum atomic E-state index is 0.554. The molecule has 12 heavy (non-hydrogen) atoms. The molecule has 0 atom stereocenters. The number of pyridine rings is 1. The summed E-state index contributed by atoms with van der Waals surface area (Å²) < 4.78 is 0. The van der Waals surface area contributed by atoms with Crippen LogP contribution in [0.4, 0.5) is 11.5 Å². The molecule has 0 aliphatic heterocycles. The topological polar surface area (TPSA) is 60.7 Å². The van der Waals surface area contributed by atoms with Crippen LogP contribution in [0.25, 0.3) is 0 Å². The Hall–Kier alpha value is -1.76. The second kappa shape index (κ2) is 3.58. The molecule has 0 bridgehead atoms. The van der Waals surface area contributed by atoms with Gasteiger partial charge in [0.2, 0.25) is 0 Å². The number of rotatable bonds is 2. The highest BCUT2D eigenvalue weighted by molar-refractivity contribution is 5.65. The van der Waals surface area contributed by atoms with Gasteiger partial charge in [0.25, 0.3) is 0 Å². The Bertz CT molecular complexity index is 313. The lowest BCUT2D eigenvalue weighted by atomic mass is 10.3. The molecule has 1 rings (SSSR count). The van der Waals surface area contributed by atoms with E-state index in [2.05, 4.69) is 15.6 Å². The molecule has 0 radical (unpaired) electrons. The van der Waals surface area contributed by atoms with Crippen molar-refractivity contribution in [2.24, 2.45) is 0 Å². The first-order valence-corrected chi connectivity index (χ1v) is 3.57. The smallest absolute Gasteiger partial charge is 0.149 e. The summed E-state index contributed by atoms with van der Waals surface area (Å²) in [5.74, 6) is 0.747. The molecule has 0 saturated heterocycles. The van der Waals surface area contributed by atoms with Crippen LogP contribution in [0.3, 0.4) is 0 Å². The summed E-state index contributed by atoms with van der Waals surface area (Å²) >= 11 is 0. The van der Waals surface area contributed by atoms with Gasteiger partial charge in [0.1, 0.15) is 11.9 Å². The van der Waals surface area contributed by atoms with E-state index in [9.17, 15) is 0 Å². The van der Waals surface area contributed by atoms with Crippen LogP contribution >= 0.6 is 0 Å². The van der Waals surface area contributed by atoms with Crippen LogP contribution in [0.15, 0.2) is 12.3 Å². The van der Waals surface area contributed by atoms with Gasteiger partial charge in [-0.1, -0.05) is 0 Å². The number of hydrogen-bond donors (Lipinski definition) is 2. The Morgan fingerprint density at radius 2 is 2.17 bits per heavy atom. The van der Waals surface area contributed by atoms with E-state index in [0.717, 1.165) is 11.5 Å². The predicted octanol–water partition coefficient (Wildman–Crippen LogP) is 1.04. The Kier molecular flexibility index (Phi) is 2.49. The molecule has 2 N–H and O–H groups in total.